The predicted octanol–water partition coefficient (Wildman–Crippen LogP) is 3.96. The lowest BCUT2D eigenvalue weighted by atomic mass is 10.2. The number of alkyl halides is 4. The molecule has 0 atom stereocenters. The lowest BCUT2D eigenvalue weighted by Crippen LogP contribution is -2.06. The van der Waals surface area contributed by atoms with Crippen LogP contribution in [0, 0.1) is 0 Å². The fourth-order valence-electron chi connectivity index (χ4n) is 1.07. The molecule has 0 fully saturated rings. The summed E-state index contributed by atoms with van der Waals surface area (Å²) in [7, 11) is 0. The van der Waals surface area contributed by atoms with Gasteiger partial charge >= 0.3 is 6.18 Å². The average Bonchev–Trinajstić information content (AvgIpc) is 2.26. The van der Waals surface area contributed by atoms with Crippen molar-refractivity contribution in [1.82, 2.24) is 0 Å². The first-order valence-corrected chi connectivity index (χ1v) is 6.20. The number of aliphatic hydroxyl groups is 1. The largest absolute Gasteiger partial charge is 0.509 e. The molecule has 94 valence electrons. The lowest BCUT2D eigenvalue weighted by Gasteiger charge is -2.09. The van der Waals surface area contributed by atoms with Crippen molar-refractivity contribution in [3.8, 4) is 5.75 Å². The average molecular weight is 358 g/mol. The Morgan fingerprint density at radius 3 is 2.71 bits per heavy atom. The quantitative estimate of drug-likeness (QED) is 0.502. The maximum absolute atomic E-state index is 12.4. The van der Waals surface area contributed by atoms with Crippen molar-refractivity contribution in [2.45, 2.75) is 6.18 Å². The molecule has 1 aromatic rings. The van der Waals surface area contributed by atoms with Gasteiger partial charge in [0, 0.05) is 4.43 Å². The normalized spacial score (nSPS) is 12.6. The molecule has 17 heavy (non-hydrogen) atoms. The third-order valence-electron chi connectivity index (χ3n) is 1.86. The molecule has 6 heteroatoms. The van der Waals surface area contributed by atoms with Crippen molar-refractivity contribution in [3.05, 3.63) is 41.7 Å². The Kier molecular flexibility index (Phi) is 5.10. The van der Waals surface area contributed by atoms with Crippen molar-refractivity contribution in [1.29, 1.82) is 0 Å². The number of allylic oxidation sites excluding steroid dienone is 1. The summed E-state index contributed by atoms with van der Waals surface area (Å²) in [5.74, 6) is 0.0741. The molecule has 2 nitrogen and oxygen atoms in total. The fourth-order valence-corrected chi connectivity index (χ4v) is 1.58. The van der Waals surface area contributed by atoms with Gasteiger partial charge in [-0.05, 0) is 24.3 Å². The monoisotopic (exact) mass is 358 g/mol. The zero-order chi connectivity index (χ0) is 12.9. The molecule has 0 aliphatic carbocycles. The van der Waals surface area contributed by atoms with E-state index in [0.717, 1.165) is 12.1 Å². The van der Waals surface area contributed by atoms with Crippen LogP contribution in [0.1, 0.15) is 5.56 Å². The summed E-state index contributed by atoms with van der Waals surface area (Å²) in [4.78, 5) is 0. The molecule has 0 spiro atoms. The molecule has 0 heterocycles. The standard InChI is InChI=1S/C11H10F3IO2/c12-11(13,14)8-2-1-3-10(6-8)17-7-9(16)4-5-15/h1-4,6,16H,5,7H2. The number of rotatable bonds is 4. The summed E-state index contributed by atoms with van der Waals surface area (Å²) in [5, 5.41) is 9.25. The van der Waals surface area contributed by atoms with Gasteiger partial charge in [0.2, 0.25) is 0 Å². The molecular weight excluding hydrogens is 348 g/mol. The van der Waals surface area contributed by atoms with E-state index in [1.165, 1.54) is 18.2 Å². The minimum Gasteiger partial charge on any atom is -0.509 e. The van der Waals surface area contributed by atoms with E-state index in [9.17, 15) is 18.3 Å². The van der Waals surface area contributed by atoms with Crippen LogP contribution >= 0.6 is 22.6 Å². The van der Waals surface area contributed by atoms with Gasteiger partial charge in [0.15, 0.2) is 0 Å². The Morgan fingerprint density at radius 2 is 2.12 bits per heavy atom. The summed E-state index contributed by atoms with van der Waals surface area (Å²) in [6.45, 7) is -0.135. The smallest absolute Gasteiger partial charge is 0.416 e. The Morgan fingerprint density at radius 1 is 1.41 bits per heavy atom. The molecule has 0 aliphatic heterocycles. The molecule has 0 radical (unpaired) electrons. The molecule has 1 rings (SSSR count). The van der Waals surface area contributed by atoms with Crippen LogP contribution in [0.3, 0.4) is 0 Å². The highest BCUT2D eigenvalue weighted by atomic mass is 127. The van der Waals surface area contributed by atoms with Gasteiger partial charge < -0.3 is 9.84 Å². The van der Waals surface area contributed by atoms with Gasteiger partial charge in [0.05, 0.1) is 5.56 Å². The number of ether oxygens (including phenoxy) is 1. The van der Waals surface area contributed by atoms with Crippen LogP contribution in [0.25, 0.3) is 0 Å². The van der Waals surface area contributed by atoms with Crippen LogP contribution in [-0.4, -0.2) is 16.1 Å². The first-order valence-electron chi connectivity index (χ1n) is 4.67. The second-order valence-corrected chi connectivity index (χ2v) is 4.04. The molecule has 0 saturated carbocycles. The van der Waals surface area contributed by atoms with E-state index in [0.29, 0.717) is 4.43 Å². The van der Waals surface area contributed by atoms with Gasteiger partial charge in [-0.25, -0.2) is 0 Å². The second-order valence-electron chi connectivity index (χ2n) is 3.16. The van der Waals surface area contributed by atoms with E-state index in [1.807, 2.05) is 22.6 Å². The highest BCUT2D eigenvalue weighted by Gasteiger charge is 2.30. The van der Waals surface area contributed by atoms with E-state index in [4.69, 9.17) is 4.74 Å². The molecule has 1 aromatic carbocycles. The van der Waals surface area contributed by atoms with Crippen molar-refractivity contribution < 1.29 is 23.0 Å². The van der Waals surface area contributed by atoms with E-state index < -0.39 is 11.7 Å². The summed E-state index contributed by atoms with van der Waals surface area (Å²) < 4.78 is 42.8. The fraction of sp³-hybridized carbons (Fsp3) is 0.273. The summed E-state index contributed by atoms with van der Waals surface area (Å²) in [6, 6.07) is 4.54. The zero-order valence-electron chi connectivity index (χ0n) is 8.67. The summed E-state index contributed by atoms with van der Waals surface area (Å²) in [6.07, 6.45) is -2.87. The van der Waals surface area contributed by atoms with E-state index in [-0.39, 0.29) is 18.1 Å². The number of aliphatic hydroxyl groups excluding tert-OH is 1. The number of benzene rings is 1. The third-order valence-corrected chi connectivity index (χ3v) is 2.30. The first-order chi connectivity index (χ1) is 7.93. The van der Waals surface area contributed by atoms with E-state index in [2.05, 4.69) is 0 Å². The van der Waals surface area contributed by atoms with E-state index >= 15 is 0 Å². The van der Waals surface area contributed by atoms with Crippen LogP contribution in [0.2, 0.25) is 0 Å². The highest BCUT2D eigenvalue weighted by molar-refractivity contribution is 14.1. The topological polar surface area (TPSA) is 29.5 Å². The minimum absolute atomic E-state index is 0.00295. The third kappa shape index (κ3) is 4.84. The first kappa shape index (κ1) is 14.1. The molecule has 0 saturated heterocycles. The Hall–Kier alpha value is -0.920. The maximum Gasteiger partial charge on any atom is 0.416 e. The van der Waals surface area contributed by atoms with Crippen LogP contribution < -0.4 is 4.74 Å². The molecule has 0 aliphatic rings. The van der Waals surface area contributed by atoms with Crippen molar-refractivity contribution in [2.75, 3.05) is 11.0 Å². The molecule has 1 N–H and O–H groups in total. The number of halogens is 4. The van der Waals surface area contributed by atoms with Gasteiger partial charge in [0.25, 0.3) is 0 Å². The minimum atomic E-state index is -4.39. The van der Waals surface area contributed by atoms with Gasteiger partial charge in [-0.1, -0.05) is 28.7 Å². The second kappa shape index (κ2) is 6.13. The summed E-state index contributed by atoms with van der Waals surface area (Å²) in [5.41, 5.74) is -0.771. The lowest BCUT2D eigenvalue weighted by molar-refractivity contribution is -0.137. The Bertz CT molecular complexity index is 402. The molecule has 0 amide bonds. The predicted molar refractivity (Wildman–Crippen MR) is 66.5 cm³/mol. The van der Waals surface area contributed by atoms with Gasteiger partial charge in [0.1, 0.15) is 18.1 Å². The molecule has 0 bridgehead atoms. The van der Waals surface area contributed by atoms with Gasteiger partial charge in [-0.2, -0.15) is 13.2 Å². The van der Waals surface area contributed by atoms with E-state index in [1.54, 1.807) is 0 Å². The van der Waals surface area contributed by atoms with Gasteiger partial charge in [-0.15, -0.1) is 0 Å². The van der Waals surface area contributed by atoms with Crippen LogP contribution in [-0.2, 0) is 6.18 Å². The van der Waals surface area contributed by atoms with Crippen LogP contribution in [0.4, 0.5) is 13.2 Å². The highest BCUT2D eigenvalue weighted by Crippen LogP contribution is 2.31. The number of hydrogen-bond donors (Lipinski definition) is 1. The molecular formula is C11H10F3IO2. The van der Waals surface area contributed by atoms with Crippen molar-refractivity contribution in [2.24, 2.45) is 0 Å². The van der Waals surface area contributed by atoms with Crippen LogP contribution in [0.15, 0.2) is 36.1 Å². The molecule has 0 aromatic heterocycles. The summed E-state index contributed by atoms with van der Waals surface area (Å²) >= 11 is 2.03. The van der Waals surface area contributed by atoms with Crippen molar-refractivity contribution >= 4 is 22.6 Å². The maximum atomic E-state index is 12.4. The van der Waals surface area contributed by atoms with Gasteiger partial charge in [-0.3, -0.25) is 0 Å². The Labute approximate surface area is 110 Å². The van der Waals surface area contributed by atoms with Crippen molar-refractivity contribution in [3.63, 3.8) is 0 Å². The SMILES string of the molecule is OC(=CCI)COc1cccc(C(F)(F)F)c1. The number of hydrogen-bond acceptors (Lipinski definition) is 2. The van der Waals surface area contributed by atoms with Crippen LogP contribution in [0.5, 0.6) is 5.75 Å². The molecule has 0 unspecified atom stereocenters. The Balaban J connectivity index is 2.70. The zero-order valence-corrected chi connectivity index (χ0v) is 10.8.